The summed E-state index contributed by atoms with van der Waals surface area (Å²) in [6.07, 6.45) is 0.511. The number of carbonyl (C=O) groups excluding carboxylic acids is 1. The van der Waals surface area contributed by atoms with Crippen LogP contribution in [0.3, 0.4) is 0 Å². The number of para-hydroxylation sites is 1. The molecule has 94 valence electrons. The van der Waals surface area contributed by atoms with Gasteiger partial charge >= 0.3 is 0 Å². The van der Waals surface area contributed by atoms with E-state index < -0.39 is 5.54 Å². The maximum absolute atomic E-state index is 12.3. The molecule has 3 rings (SSSR count). The van der Waals surface area contributed by atoms with Crippen molar-refractivity contribution in [2.45, 2.75) is 12.0 Å². The van der Waals surface area contributed by atoms with Crippen molar-refractivity contribution in [2.24, 2.45) is 5.73 Å². The molecule has 1 aromatic heterocycles. The number of ketones is 1. The summed E-state index contributed by atoms with van der Waals surface area (Å²) in [5.41, 5.74) is 5.57. The van der Waals surface area contributed by atoms with E-state index in [0.29, 0.717) is 23.6 Å². The molecule has 1 aromatic carbocycles. The van der Waals surface area contributed by atoms with Gasteiger partial charge in [0.1, 0.15) is 5.54 Å². The first-order chi connectivity index (χ1) is 8.60. The highest BCUT2D eigenvalue weighted by atomic mass is 35.5. The van der Waals surface area contributed by atoms with Gasteiger partial charge in [0.05, 0.1) is 11.6 Å². The van der Waals surface area contributed by atoms with Gasteiger partial charge in [-0.2, -0.15) is 0 Å². The minimum atomic E-state index is -0.972. The van der Waals surface area contributed by atoms with Crippen molar-refractivity contribution in [1.29, 1.82) is 0 Å². The van der Waals surface area contributed by atoms with Gasteiger partial charge in [0, 0.05) is 12.0 Å². The molecular weight excluding hydrogens is 254 g/mol. The molecule has 0 radical (unpaired) electrons. The summed E-state index contributed by atoms with van der Waals surface area (Å²) in [5, 5.41) is 1.29. The smallest absolute Gasteiger partial charge is 0.220 e. The van der Waals surface area contributed by atoms with Crippen LogP contribution in [0.5, 0.6) is 0 Å². The largest absolute Gasteiger partial charge is 0.451 e. The Morgan fingerprint density at radius 2 is 2.28 bits per heavy atom. The molecule has 0 amide bonds. The highest BCUT2D eigenvalue weighted by Gasteiger charge is 2.40. The fourth-order valence-electron chi connectivity index (χ4n) is 2.14. The number of furan rings is 1. The third-order valence-electron chi connectivity index (χ3n) is 3.22. The van der Waals surface area contributed by atoms with Crippen LogP contribution in [-0.2, 0) is 4.74 Å². The Balaban J connectivity index is 2.04. The lowest BCUT2D eigenvalue weighted by Gasteiger charge is -2.17. The molecule has 0 spiro atoms. The van der Waals surface area contributed by atoms with Crippen molar-refractivity contribution in [3.8, 4) is 0 Å². The maximum atomic E-state index is 12.3. The molecule has 2 N–H and O–H groups in total. The quantitative estimate of drug-likeness (QED) is 0.847. The Kier molecular flexibility index (Phi) is 2.66. The van der Waals surface area contributed by atoms with Gasteiger partial charge in [-0.1, -0.05) is 23.7 Å². The summed E-state index contributed by atoms with van der Waals surface area (Å²) < 4.78 is 10.7. The Morgan fingerprint density at radius 3 is 2.94 bits per heavy atom. The molecule has 1 unspecified atom stereocenters. The molecule has 4 nitrogen and oxygen atoms in total. The lowest BCUT2D eigenvalue weighted by atomic mass is 9.93. The molecule has 1 aliphatic heterocycles. The molecule has 1 atom stereocenters. The minimum absolute atomic E-state index is 0.229. The third-order valence-corrected chi connectivity index (χ3v) is 3.52. The van der Waals surface area contributed by atoms with Crippen molar-refractivity contribution < 1.29 is 13.9 Å². The van der Waals surface area contributed by atoms with Gasteiger partial charge in [-0.05, 0) is 18.6 Å². The second-order valence-electron chi connectivity index (χ2n) is 4.56. The summed E-state index contributed by atoms with van der Waals surface area (Å²) in [4.78, 5) is 12.3. The zero-order valence-electron chi connectivity index (χ0n) is 9.61. The van der Waals surface area contributed by atoms with Crippen LogP contribution >= 0.6 is 11.6 Å². The molecule has 1 aliphatic rings. The van der Waals surface area contributed by atoms with Crippen LogP contribution in [0.2, 0.25) is 5.02 Å². The number of halogens is 1. The zero-order valence-corrected chi connectivity index (χ0v) is 10.4. The van der Waals surface area contributed by atoms with E-state index in [1.807, 2.05) is 12.1 Å². The maximum Gasteiger partial charge on any atom is 0.220 e. The molecule has 5 heteroatoms. The minimum Gasteiger partial charge on any atom is -0.451 e. The van der Waals surface area contributed by atoms with Crippen LogP contribution in [0.25, 0.3) is 11.0 Å². The second-order valence-corrected chi connectivity index (χ2v) is 4.96. The molecule has 1 saturated heterocycles. The van der Waals surface area contributed by atoms with Crippen LogP contribution in [-0.4, -0.2) is 24.5 Å². The third kappa shape index (κ3) is 1.73. The summed E-state index contributed by atoms with van der Waals surface area (Å²) in [7, 11) is 0. The number of carbonyl (C=O) groups is 1. The lowest BCUT2D eigenvalue weighted by molar-refractivity contribution is 0.0836. The van der Waals surface area contributed by atoms with E-state index in [9.17, 15) is 4.79 Å². The first-order valence-electron chi connectivity index (χ1n) is 5.70. The lowest BCUT2D eigenvalue weighted by Crippen LogP contribution is -2.48. The van der Waals surface area contributed by atoms with E-state index in [2.05, 4.69) is 0 Å². The van der Waals surface area contributed by atoms with E-state index >= 15 is 0 Å². The SMILES string of the molecule is NC1(C(=O)c2cc3cccc(Cl)c3o2)CCOC1. The average Bonchev–Trinajstić information content (AvgIpc) is 2.96. The van der Waals surface area contributed by atoms with Crippen LogP contribution in [0.1, 0.15) is 17.0 Å². The fraction of sp³-hybridized carbons (Fsp3) is 0.308. The number of fused-ring (bicyclic) bond motifs is 1. The molecule has 1 fully saturated rings. The number of hydrogen-bond donors (Lipinski definition) is 1. The summed E-state index contributed by atoms with van der Waals surface area (Å²) in [6, 6.07) is 7.05. The summed E-state index contributed by atoms with van der Waals surface area (Å²) in [5.74, 6) is 0.0124. The van der Waals surface area contributed by atoms with Crippen LogP contribution < -0.4 is 5.73 Å². The van der Waals surface area contributed by atoms with E-state index in [0.717, 1.165) is 5.39 Å². The Morgan fingerprint density at radius 1 is 1.44 bits per heavy atom. The molecule has 2 heterocycles. The summed E-state index contributed by atoms with van der Waals surface area (Å²) in [6.45, 7) is 0.736. The molecule has 0 saturated carbocycles. The number of nitrogens with two attached hydrogens (primary N) is 1. The molecule has 2 aromatic rings. The highest BCUT2D eigenvalue weighted by Crippen LogP contribution is 2.29. The Hall–Kier alpha value is -1.36. The highest BCUT2D eigenvalue weighted by molar-refractivity contribution is 6.34. The predicted octanol–water partition coefficient (Wildman–Crippen LogP) is 2.39. The van der Waals surface area contributed by atoms with Crippen LogP contribution in [0.4, 0.5) is 0 Å². The van der Waals surface area contributed by atoms with Crippen molar-refractivity contribution in [2.75, 3.05) is 13.2 Å². The number of benzene rings is 1. The number of ether oxygens (including phenoxy) is 1. The van der Waals surface area contributed by atoms with Crippen molar-refractivity contribution in [1.82, 2.24) is 0 Å². The van der Waals surface area contributed by atoms with Crippen molar-refractivity contribution >= 4 is 28.4 Å². The number of hydrogen-bond acceptors (Lipinski definition) is 4. The van der Waals surface area contributed by atoms with Gasteiger partial charge in [0.25, 0.3) is 0 Å². The molecular formula is C13H12ClNO3. The standard InChI is InChI=1S/C13H12ClNO3/c14-9-3-1-2-8-6-10(18-11(8)9)12(16)13(15)4-5-17-7-13/h1-3,6H,4-5,7,15H2. The second kappa shape index (κ2) is 4.09. The topological polar surface area (TPSA) is 65.5 Å². The van der Waals surface area contributed by atoms with Gasteiger partial charge in [0.2, 0.25) is 5.78 Å². The van der Waals surface area contributed by atoms with Crippen LogP contribution in [0, 0.1) is 0 Å². The van der Waals surface area contributed by atoms with Gasteiger partial charge in [0.15, 0.2) is 11.3 Å². The van der Waals surface area contributed by atoms with Crippen LogP contribution in [0.15, 0.2) is 28.7 Å². The molecule has 0 bridgehead atoms. The zero-order chi connectivity index (χ0) is 12.8. The molecule has 18 heavy (non-hydrogen) atoms. The summed E-state index contributed by atoms with van der Waals surface area (Å²) >= 11 is 6.01. The van der Waals surface area contributed by atoms with E-state index in [1.54, 1.807) is 12.1 Å². The Labute approximate surface area is 109 Å². The monoisotopic (exact) mass is 265 g/mol. The normalized spacial score (nSPS) is 23.7. The molecule has 0 aliphatic carbocycles. The van der Waals surface area contributed by atoms with Crippen molar-refractivity contribution in [3.05, 3.63) is 35.0 Å². The van der Waals surface area contributed by atoms with E-state index in [1.165, 1.54) is 0 Å². The fourth-order valence-corrected chi connectivity index (χ4v) is 2.37. The van der Waals surface area contributed by atoms with Gasteiger partial charge in [-0.25, -0.2) is 0 Å². The van der Waals surface area contributed by atoms with Crippen molar-refractivity contribution in [3.63, 3.8) is 0 Å². The Bertz CT molecular complexity index is 614. The van der Waals surface area contributed by atoms with Gasteiger partial charge in [-0.3, -0.25) is 4.79 Å². The number of rotatable bonds is 2. The first-order valence-corrected chi connectivity index (χ1v) is 6.07. The van der Waals surface area contributed by atoms with Gasteiger partial charge < -0.3 is 14.9 Å². The van der Waals surface area contributed by atoms with E-state index in [4.69, 9.17) is 26.5 Å². The predicted molar refractivity (Wildman–Crippen MR) is 67.9 cm³/mol. The number of Topliss-reactive ketones (excluding diaryl/α,β-unsaturated/α-hetero) is 1. The first kappa shape index (κ1) is 11.7. The van der Waals surface area contributed by atoms with Gasteiger partial charge in [-0.15, -0.1) is 0 Å². The average molecular weight is 266 g/mol. The van der Waals surface area contributed by atoms with E-state index in [-0.39, 0.29) is 18.2 Å².